The van der Waals surface area contributed by atoms with Crippen LogP contribution in [0.3, 0.4) is 0 Å². The van der Waals surface area contributed by atoms with E-state index in [1.165, 1.54) is 17.8 Å². The van der Waals surface area contributed by atoms with Crippen molar-refractivity contribution in [2.75, 3.05) is 17.2 Å². The number of thioether (sulfide) groups is 1. The summed E-state index contributed by atoms with van der Waals surface area (Å²) in [7, 11) is 0. The lowest BCUT2D eigenvalue weighted by Crippen LogP contribution is -2.30. The van der Waals surface area contributed by atoms with Crippen LogP contribution in [0.4, 0.5) is 11.4 Å². The molecule has 0 bridgehead atoms. The first kappa shape index (κ1) is 33.3. The van der Waals surface area contributed by atoms with Crippen LogP contribution in [-0.4, -0.2) is 29.6 Å². The minimum absolute atomic E-state index is 0.00796. The molecule has 8 nitrogen and oxygen atoms in total. The molecule has 1 heterocycles. The average molecular weight is 711 g/mol. The number of amides is 3. The molecule has 3 amide bonds. The van der Waals surface area contributed by atoms with Crippen LogP contribution < -0.4 is 20.7 Å². The number of carbonyl (C=O) groups is 3. The third-order valence-electron chi connectivity index (χ3n) is 6.80. The first-order valence-corrected chi connectivity index (χ1v) is 16.5. The highest BCUT2D eigenvalue weighted by molar-refractivity contribution is 9.10. The van der Waals surface area contributed by atoms with Crippen molar-refractivity contribution in [1.82, 2.24) is 5.32 Å². The molecule has 0 saturated heterocycles. The van der Waals surface area contributed by atoms with Crippen molar-refractivity contribution in [3.05, 3.63) is 137 Å². The van der Waals surface area contributed by atoms with E-state index in [1.54, 1.807) is 60.7 Å². The molecule has 1 atom stereocenters. The van der Waals surface area contributed by atoms with Gasteiger partial charge in [0.05, 0.1) is 11.9 Å². The van der Waals surface area contributed by atoms with Gasteiger partial charge in [0.2, 0.25) is 5.91 Å². The van der Waals surface area contributed by atoms with E-state index in [0.29, 0.717) is 35.1 Å². The minimum Gasteiger partial charge on any atom is -0.494 e. The zero-order valence-electron chi connectivity index (χ0n) is 25.7. The lowest BCUT2D eigenvalue weighted by molar-refractivity contribution is -0.115. The molecule has 0 saturated carbocycles. The number of carbonyl (C=O) groups excluding carboxylic acids is 3. The monoisotopic (exact) mass is 709 g/mol. The van der Waals surface area contributed by atoms with Crippen molar-refractivity contribution in [3.8, 4) is 17.1 Å². The zero-order valence-corrected chi connectivity index (χ0v) is 28.1. The Morgan fingerprint density at radius 2 is 1.49 bits per heavy atom. The van der Waals surface area contributed by atoms with Gasteiger partial charge in [-0.1, -0.05) is 46.3 Å². The molecule has 4 aromatic carbocycles. The maximum absolute atomic E-state index is 13.5. The van der Waals surface area contributed by atoms with Gasteiger partial charge < -0.3 is 25.1 Å². The van der Waals surface area contributed by atoms with Crippen LogP contribution in [0, 0.1) is 0 Å². The first-order chi connectivity index (χ1) is 22.8. The Hall–Kier alpha value is -5.06. The predicted octanol–water partition coefficient (Wildman–Crippen LogP) is 8.64. The molecule has 0 aliphatic heterocycles. The minimum atomic E-state index is -0.528. The highest BCUT2D eigenvalue weighted by Crippen LogP contribution is 2.27. The summed E-state index contributed by atoms with van der Waals surface area (Å²) in [6, 6.07) is 34.2. The topological polar surface area (TPSA) is 110 Å². The maximum Gasteiger partial charge on any atom is 0.272 e. The quantitative estimate of drug-likeness (QED) is 0.0884. The molecular weight excluding hydrogens is 678 g/mol. The Morgan fingerprint density at radius 3 is 2.17 bits per heavy atom. The van der Waals surface area contributed by atoms with Crippen molar-refractivity contribution in [2.24, 2.45) is 0 Å². The van der Waals surface area contributed by atoms with E-state index in [-0.39, 0.29) is 16.9 Å². The summed E-state index contributed by atoms with van der Waals surface area (Å²) in [4.78, 5) is 40.1. The highest BCUT2D eigenvalue weighted by Gasteiger charge is 2.18. The third kappa shape index (κ3) is 9.48. The molecule has 238 valence electrons. The van der Waals surface area contributed by atoms with Gasteiger partial charge in [0, 0.05) is 37.9 Å². The summed E-state index contributed by atoms with van der Waals surface area (Å²) >= 11 is 4.82. The second kappa shape index (κ2) is 16.0. The van der Waals surface area contributed by atoms with Crippen LogP contribution in [0.1, 0.15) is 30.0 Å². The number of benzene rings is 4. The molecule has 0 fully saturated rings. The van der Waals surface area contributed by atoms with Crippen LogP contribution in [0.5, 0.6) is 5.75 Å². The third-order valence-corrected chi connectivity index (χ3v) is 8.44. The summed E-state index contributed by atoms with van der Waals surface area (Å²) in [5.74, 6) is 0.657. The number of halogens is 1. The first-order valence-electron chi connectivity index (χ1n) is 14.8. The molecular formula is C37H32BrN3O5S. The van der Waals surface area contributed by atoms with Gasteiger partial charge in [-0.3, -0.25) is 14.4 Å². The highest BCUT2D eigenvalue weighted by atomic mass is 79.9. The van der Waals surface area contributed by atoms with E-state index in [0.717, 1.165) is 20.7 Å². The van der Waals surface area contributed by atoms with E-state index in [9.17, 15) is 14.4 Å². The fourth-order valence-electron chi connectivity index (χ4n) is 4.40. The Balaban J connectivity index is 1.25. The van der Waals surface area contributed by atoms with Crippen LogP contribution in [0.2, 0.25) is 0 Å². The fourth-order valence-corrected chi connectivity index (χ4v) is 5.53. The molecule has 47 heavy (non-hydrogen) atoms. The number of hydrogen-bond acceptors (Lipinski definition) is 6. The van der Waals surface area contributed by atoms with E-state index in [4.69, 9.17) is 9.15 Å². The molecule has 1 aromatic heterocycles. The number of anilines is 2. The standard InChI is InChI=1S/C37H32BrN3O5S/c1-3-45-30-17-13-28(14-18-30)39-35(42)24(2)47-32-20-15-29(16-21-32)40-37(44)33(41-36(43)26-7-5-4-6-8-26)23-31-19-22-34(46-31)25-9-11-27(38)12-10-25/h4-24H,3H2,1-2H3,(H,39,42)(H,40,44)(H,41,43)/b33-23-/t24-/m1/s1. The molecule has 0 aliphatic rings. The zero-order chi connectivity index (χ0) is 33.2. The Bertz CT molecular complexity index is 1860. The predicted molar refractivity (Wildman–Crippen MR) is 190 cm³/mol. The van der Waals surface area contributed by atoms with Gasteiger partial charge in [0.15, 0.2) is 0 Å². The van der Waals surface area contributed by atoms with E-state index >= 15 is 0 Å². The lowest BCUT2D eigenvalue weighted by Gasteiger charge is -2.14. The molecule has 0 radical (unpaired) electrons. The maximum atomic E-state index is 13.5. The number of hydrogen-bond donors (Lipinski definition) is 3. The van der Waals surface area contributed by atoms with Gasteiger partial charge in [0.1, 0.15) is 23.0 Å². The smallest absolute Gasteiger partial charge is 0.272 e. The van der Waals surface area contributed by atoms with Gasteiger partial charge in [0.25, 0.3) is 11.8 Å². The fraction of sp³-hybridized carbons (Fsp3) is 0.108. The van der Waals surface area contributed by atoms with Crippen molar-refractivity contribution in [2.45, 2.75) is 24.0 Å². The Morgan fingerprint density at radius 1 is 0.830 bits per heavy atom. The Kier molecular flexibility index (Phi) is 11.3. The van der Waals surface area contributed by atoms with Crippen molar-refractivity contribution in [1.29, 1.82) is 0 Å². The number of rotatable bonds is 12. The number of ether oxygens (including phenoxy) is 1. The normalized spacial score (nSPS) is 11.8. The SMILES string of the molecule is CCOc1ccc(NC(=O)[C@@H](C)Sc2ccc(NC(=O)/C(=C/c3ccc(-c4ccc(Br)cc4)o3)NC(=O)c3ccccc3)cc2)cc1. The van der Waals surface area contributed by atoms with Crippen LogP contribution in [0.25, 0.3) is 17.4 Å². The largest absolute Gasteiger partial charge is 0.494 e. The molecule has 5 rings (SSSR count). The number of nitrogens with one attached hydrogen (secondary N) is 3. The van der Waals surface area contributed by atoms with Crippen molar-refractivity contribution >= 4 is 62.9 Å². The van der Waals surface area contributed by atoms with Gasteiger partial charge in [-0.25, -0.2) is 0 Å². The molecule has 3 N–H and O–H groups in total. The van der Waals surface area contributed by atoms with Crippen molar-refractivity contribution < 1.29 is 23.5 Å². The summed E-state index contributed by atoms with van der Waals surface area (Å²) in [5, 5.41) is 8.12. The van der Waals surface area contributed by atoms with Gasteiger partial charge in [-0.2, -0.15) is 0 Å². The molecule has 0 unspecified atom stereocenters. The molecule has 0 spiro atoms. The summed E-state index contributed by atoms with van der Waals surface area (Å²) in [6.07, 6.45) is 1.49. The van der Waals surface area contributed by atoms with E-state index in [2.05, 4.69) is 31.9 Å². The van der Waals surface area contributed by atoms with Crippen LogP contribution >= 0.6 is 27.7 Å². The van der Waals surface area contributed by atoms with Crippen molar-refractivity contribution in [3.63, 3.8) is 0 Å². The second-order valence-electron chi connectivity index (χ2n) is 10.3. The van der Waals surface area contributed by atoms with E-state index in [1.807, 2.05) is 68.4 Å². The van der Waals surface area contributed by atoms with Gasteiger partial charge in [-0.15, -0.1) is 11.8 Å². The van der Waals surface area contributed by atoms with Gasteiger partial charge >= 0.3 is 0 Å². The molecule has 10 heteroatoms. The summed E-state index contributed by atoms with van der Waals surface area (Å²) < 4.78 is 12.4. The van der Waals surface area contributed by atoms with Gasteiger partial charge in [-0.05, 0) is 98.8 Å². The summed E-state index contributed by atoms with van der Waals surface area (Å²) in [6.45, 7) is 4.32. The summed E-state index contributed by atoms with van der Waals surface area (Å²) in [5.41, 5.74) is 2.48. The molecule has 0 aliphatic carbocycles. The van der Waals surface area contributed by atoms with Crippen LogP contribution in [0.15, 0.2) is 135 Å². The second-order valence-corrected chi connectivity index (χ2v) is 12.6. The average Bonchev–Trinajstić information content (AvgIpc) is 3.55. The molecule has 5 aromatic rings. The Labute approximate surface area is 285 Å². The van der Waals surface area contributed by atoms with Crippen LogP contribution in [-0.2, 0) is 9.59 Å². The lowest BCUT2D eigenvalue weighted by atomic mass is 10.2. The number of furan rings is 1. The van der Waals surface area contributed by atoms with E-state index < -0.39 is 11.8 Å².